The average Bonchev–Trinajstić information content (AvgIpc) is 3.23. The number of imidazole rings is 1. The van der Waals surface area contributed by atoms with E-state index in [4.69, 9.17) is 4.98 Å². The molecule has 7 heteroatoms. The number of hydrogen-bond donors (Lipinski definition) is 2. The molecule has 1 saturated carbocycles. The molecule has 0 saturated heterocycles. The number of hydrogen-bond acceptors (Lipinski definition) is 4. The van der Waals surface area contributed by atoms with Crippen LogP contribution in [0.4, 0.5) is 4.39 Å². The Balaban J connectivity index is 1.27. The van der Waals surface area contributed by atoms with Gasteiger partial charge in [0.05, 0.1) is 23.7 Å². The van der Waals surface area contributed by atoms with Gasteiger partial charge in [-0.25, -0.2) is 19.3 Å². The fraction of sp³-hybridized carbons (Fsp3) is 0.280. The highest BCUT2D eigenvalue weighted by Gasteiger charge is 2.42. The van der Waals surface area contributed by atoms with E-state index in [0.717, 1.165) is 37.1 Å². The average molecular weight is 427 g/mol. The number of aromatic nitrogens is 4. The summed E-state index contributed by atoms with van der Waals surface area (Å²) in [4.78, 5) is 29.3. The molecule has 1 fully saturated rings. The maximum Gasteiger partial charge on any atom is 0.225 e. The maximum absolute atomic E-state index is 14.1. The first-order chi connectivity index (χ1) is 15.6. The Morgan fingerprint density at radius 3 is 2.62 bits per heavy atom. The minimum absolute atomic E-state index is 0.0989. The quantitative estimate of drug-likeness (QED) is 0.497. The summed E-state index contributed by atoms with van der Waals surface area (Å²) in [6.07, 6.45) is 5.64. The van der Waals surface area contributed by atoms with Crippen molar-refractivity contribution >= 4 is 17.1 Å². The predicted octanol–water partition coefficient (Wildman–Crippen LogP) is 4.38. The molecule has 0 atom stereocenters. The van der Waals surface area contributed by atoms with Crippen molar-refractivity contribution in [3.63, 3.8) is 0 Å². The minimum Gasteiger partial charge on any atom is -0.346 e. The number of benzene rings is 2. The summed E-state index contributed by atoms with van der Waals surface area (Å²) >= 11 is 0. The number of halogens is 1. The molecule has 3 heterocycles. The van der Waals surface area contributed by atoms with Crippen molar-refractivity contribution in [1.29, 1.82) is 0 Å². The van der Waals surface area contributed by atoms with E-state index in [1.54, 1.807) is 24.4 Å². The van der Waals surface area contributed by atoms with Gasteiger partial charge in [-0.1, -0.05) is 36.4 Å². The summed E-state index contributed by atoms with van der Waals surface area (Å²) < 4.78 is 14.1. The first-order valence-corrected chi connectivity index (χ1v) is 11.0. The Labute approximate surface area is 184 Å². The fourth-order valence-electron chi connectivity index (χ4n) is 5.27. The normalized spacial score (nSPS) is 22.7. The second-order valence-electron chi connectivity index (χ2n) is 8.77. The number of carbonyl (C=O) groups is 1. The SMILES string of the molecule is O=C1Cc2ccccc2C2(CCC(c3nc4cnc(-c5ccccc5F)nc4[nH]3)CC2)N1. The monoisotopic (exact) mass is 427 g/mol. The van der Waals surface area contributed by atoms with Gasteiger partial charge in [0.15, 0.2) is 11.5 Å². The van der Waals surface area contributed by atoms with Crippen LogP contribution < -0.4 is 5.32 Å². The number of nitrogens with one attached hydrogen (secondary N) is 2. The fourth-order valence-corrected chi connectivity index (χ4v) is 5.27. The highest BCUT2D eigenvalue weighted by molar-refractivity contribution is 5.82. The Morgan fingerprint density at radius 1 is 1.00 bits per heavy atom. The van der Waals surface area contributed by atoms with E-state index in [9.17, 15) is 9.18 Å². The van der Waals surface area contributed by atoms with E-state index in [1.807, 2.05) is 6.07 Å². The van der Waals surface area contributed by atoms with Crippen molar-refractivity contribution in [3.05, 3.63) is 77.5 Å². The lowest BCUT2D eigenvalue weighted by Gasteiger charge is -2.44. The number of amides is 1. The number of carbonyl (C=O) groups excluding carboxylic acids is 1. The summed E-state index contributed by atoms with van der Waals surface area (Å²) in [5, 5.41) is 3.29. The molecule has 2 aliphatic rings. The molecule has 1 spiro atoms. The van der Waals surface area contributed by atoms with Crippen LogP contribution in [-0.2, 0) is 16.8 Å². The zero-order chi connectivity index (χ0) is 21.7. The van der Waals surface area contributed by atoms with Crippen LogP contribution >= 0.6 is 0 Å². The molecular formula is C25H22FN5O. The summed E-state index contributed by atoms with van der Waals surface area (Å²) in [6, 6.07) is 14.8. The van der Waals surface area contributed by atoms with Crippen molar-refractivity contribution in [1.82, 2.24) is 25.3 Å². The molecule has 2 N–H and O–H groups in total. The topological polar surface area (TPSA) is 83.6 Å². The van der Waals surface area contributed by atoms with Crippen molar-refractivity contribution < 1.29 is 9.18 Å². The Morgan fingerprint density at radius 2 is 1.78 bits per heavy atom. The molecule has 160 valence electrons. The highest BCUT2D eigenvalue weighted by Crippen LogP contribution is 2.45. The second kappa shape index (κ2) is 7.22. The maximum atomic E-state index is 14.1. The third kappa shape index (κ3) is 3.07. The Kier molecular flexibility index (Phi) is 4.31. The lowest BCUT2D eigenvalue weighted by atomic mass is 9.69. The zero-order valence-corrected chi connectivity index (χ0v) is 17.4. The molecule has 1 amide bonds. The van der Waals surface area contributed by atoms with E-state index in [-0.39, 0.29) is 23.2 Å². The molecule has 0 radical (unpaired) electrons. The van der Waals surface area contributed by atoms with Crippen LogP contribution in [0.1, 0.15) is 48.6 Å². The Bertz CT molecular complexity index is 1340. The summed E-state index contributed by atoms with van der Waals surface area (Å²) in [5.74, 6) is 1.22. The number of nitrogens with zero attached hydrogens (tertiary/aromatic N) is 3. The third-order valence-electron chi connectivity index (χ3n) is 6.86. The number of H-pyrrole nitrogens is 1. The molecule has 4 aromatic rings. The molecular weight excluding hydrogens is 405 g/mol. The van der Waals surface area contributed by atoms with Crippen LogP contribution in [0.25, 0.3) is 22.6 Å². The van der Waals surface area contributed by atoms with Gasteiger partial charge in [-0.05, 0) is 48.9 Å². The molecule has 0 bridgehead atoms. The van der Waals surface area contributed by atoms with Gasteiger partial charge in [0.1, 0.15) is 17.2 Å². The van der Waals surface area contributed by atoms with E-state index >= 15 is 0 Å². The van der Waals surface area contributed by atoms with Gasteiger partial charge in [0.2, 0.25) is 5.91 Å². The molecule has 32 heavy (non-hydrogen) atoms. The number of rotatable bonds is 2. The van der Waals surface area contributed by atoms with Gasteiger partial charge in [0.25, 0.3) is 0 Å². The zero-order valence-electron chi connectivity index (χ0n) is 17.4. The molecule has 6 rings (SSSR count). The Hall–Kier alpha value is -3.61. The van der Waals surface area contributed by atoms with E-state index in [1.165, 1.54) is 11.6 Å². The van der Waals surface area contributed by atoms with E-state index in [2.05, 4.69) is 38.5 Å². The second-order valence-corrected chi connectivity index (χ2v) is 8.77. The lowest BCUT2D eigenvalue weighted by molar-refractivity contribution is -0.123. The molecule has 0 unspecified atom stereocenters. The van der Waals surface area contributed by atoms with Crippen molar-refractivity contribution in [3.8, 4) is 11.4 Å². The summed E-state index contributed by atoms with van der Waals surface area (Å²) in [6.45, 7) is 0. The van der Waals surface area contributed by atoms with Gasteiger partial charge in [0, 0.05) is 5.92 Å². The van der Waals surface area contributed by atoms with Crippen molar-refractivity contribution in [2.75, 3.05) is 0 Å². The molecule has 6 nitrogen and oxygen atoms in total. The van der Waals surface area contributed by atoms with Crippen LogP contribution in [0.15, 0.2) is 54.7 Å². The van der Waals surface area contributed by atoms with Crippen LogP contribution in [0.2, 0.25) is 0 Å². The first-order valence-electron chi connectivity index (χ1n) is 11.0. The first kappa shape index (κ1) is 19.1. The van der Waals surface area contributed by atoms with Gasteiger partial charge in [-0.3, -0.25) is 4.79 Å². The molecule has 1 aliphatic carbocycles. The minimum atomic E-state index is -0.348. The largest absolute Gasteiger partial charge is 0.346 e. The van der Waals surface area contributed by atoms with Gasteiger partial charge >= 0.3 is 0 Å². The summed E-state index contributed by atoms with van der Waals surface area (Å²) in [5.41, 5.74) is 3.77. The smallest absolute Gasteiger partial charge is 0.225 e. The predicted molar refractivity (Wildman–Crippen MR) is 118 cm³/mol. The van der Waals surface area contributed by atoms with Crippen LogP contribution in [-0.4, -0.2) is 25.8 Å². The van der Waals surface area contributed by atoms with Crippen LogP contribution in [0.3, 0.4) is 0 Å². The van der Waals surface area contributed by atoms with Crippen molar-refractivity contribution in [2.24, 2.45) is 0 Å². The molecule has 2 aromatic carbocycles. The number of aromatic amines is 1. The molecule has 2 aromatic heterocycles. The summed E-state index contributed by atoms with van der Waals surface area (Å²) in [7, 11) is 0. The van der Waals surface area contributed by atoms with Gasteiger partial charge in [-0.15, -0.1) is 0 Å². The number of fused-ring (bicyclic) bond motifs is 3. The highest BCUT2D eigenvalue weighted by atomic mass is 19.1. The van der Waals surface area contributed by atoms with Gasteiger partial charge in [-0.2, -0.15) is 0 Å². The van der Waals surface area contributed by atoms with Crippen LogP contribution in [0, 0.1) is 5.82 Å². The van der Waals surface area contributed by atoms with Crippen LogP contribution in [0.5, 0.6) is 0 Å². The standard InChI is InChI=1S/C25H22FN5O/c26-19-8-4-2-6-17(19)23-27-14-20-24(30-23)29-22(28-20)15-9-11-25(12-10-15)18-7-3-1-5-16(18)13-21(32)31-25/h1-8,14-15H,9-13H2,(H,31,32)(H,27,28,29,30). The van der Waals surface area contributed by atoms with E-state index < -0.39 is 0 Å². The van der Waals surface area contributed by atoms with Crippen molar-refractivity contribution in [2.45, 2.75) is 43.6 Å². The molecule has 1 aliphatic heterocycles. The van der Waals surface area contributed by atoms with Gasteiger partial charge < -0.3 is 10.3 Å². The lowest BCUT2D eigenvalue weighted by Crippen LogP contribution is -2.52. The van der Waals surface area contributed by atoms with E-state index in [0.29, 0.717) is 29.0 Å². The third-order valence-corrected chi connectivity index (χ3v) is 6.86.